The third-order valence-corrected chi connectivity index (χ3v) is 3.73. The molecule has 1 aromatic carbocycles. The molecule has 2 heterocycles. The number of hydrogen-bond acceptors (Lipinski definition) is 3. The van der Waals surface area contributed by atoms with Crippen molar-refractivity contribution >= 4 is 11.7 Å². The molecule has 122 valence electrons. The topological polar surface area (TPSA) is 63.1 Å². The Morgan fingerprint density at radius 2 is 2.00 bits per heavy atom. The Morgan fingerprint density at radius 1 is 1.26 bits per heavy atom. The SMILES string of the molecule is O=C(Nc1ccc(C(F)(F)F)cc1)N1CC[C@H](n2ccnn2)C1. The van der Waals surface area contributed by atoms with Crippen LogP contribution in [-0.4, -0.2) is 39.0 Å². The van der Waals surface area contributed by atoms with Crippen molar-refractivity contribution in [3.05, 3.63) is 42.2 Å². The Bertz CT molecular complexity index is 669. The second-order valence-electron chi connectivity index (χ2n) is 5.28. The largest absolute Gasteiger partial charge is 0.416 e. The van der Waals surface area contributed by atoms with E-state index in [0.717, 1.165) is 18.6 Å². The number of alkyl halides is 3. The number of likely N-dealkylation sites (tertiary alicyclic amines) is 1. The molecule has 6 nitrogen and oxygen atoms in total. The molecule has 1 fully saturated rings. The lowest BCUT2D eigenvalue weighted by Gasteiger charge is -2.17. The maximum Gasteiger partial charge on any atom is 0.416 e. The smallest absolute Gasteiger partial charge is 0.322 e. The van der Waals surface area contributed by atoms with Gasteiger partial charge in [0.1, 0.15) is 0 Å². The molecule has 1 aliphatic rings. The number of nitrogens with zero attached hydrogens (tertiary/aromatic N) is 4. The fourth-order valence-electron chi connectivity index (χ4n) is 2.50. The van der Waals surface area contributed by atoms with Crippen LogP contribution in [0.1, 0.15) is 18.0 Å². The number of hydrogen-bond donors (Lipinski definition) is 1. The first-order chi connectivity index (χ1) is 10.9. The number of halogens is 3. The maximum absolute atomic E-state index is 12.5. The number of rotatable bonds is 2. The van der Waals surface area contributed by atoms with E-state index in [2.05, 4.69) is 15.6 Å². The Balaban J connectivity index is 1.59. The average molecular weight is 325 g/mol. The van der Waals surface area contributed by atoms with Gasteiger partial charge in [-0.3, -0.25) is 0 Å². The van der Waals surface area contributed by atoms with Gasteiger partial charge in [0.25, 0.3) is 0 Å². The van der Waals surface area contributed by atoms with Crippen LogP contribution in [0.5, 0.6) is 0 Å². The van der Waals surface area contributed by atoms with E-state index in [-0.39, 0.29) is 12.1 Å². The van der Waals surface area contributed by atoms with Gasteiger partial charge in [-0.05, 0) is 30.7 Å². The number of aromatic nitrogens is 3. The van der Waals surface area contributed by atoms with Crippen molar-refractivity contribution in [2.45, 2.75) is 18.6 Å². The van der Waals surface area contributed by atoms with Gasteiger partial charge in [0, 0.05) is 25.0 Å². The number of carbonyl (C=O) groups is 1. The lowest BCUT2D eigenvalue weighted by Crippen LogP contribution is -2.33. The van der Waals surface area contributed by atoms with Crippen LogP contribution in [0.25, 0.3) is 0 Å². The zero-order chi connectivity index (χ0) is 16.4. The normalized spacial score (nSPS) is 18.2. The summed E-state index contributed by atoms with van der Waals surface area (Å²) in [5.41, 5.74) is -0.421. The molecule has 9 heteroatoms. The minimum atomic E-state index is -4.39. The highest BCUT2D eigenvalue weighted by molar-refractivity contribution is 5.89. The highest BCUT2D eigenvalue weighted by Crippen LogP contribution is 2.30. The van der Waals surface area contributed by atoms with Crippen LogP contribution in [0.15, 0.2) is 36.7 Å². The predicted molar refractivity (Wildman–Crippen MR) is 75.7 cm³/mol. The number of urea groups is 1. The van der Waals surface area contributed by atoms with E-state index in [9.17, 15) is 18.0 Å². The average Bonchev–Trinajstić information content (AvgIpc) is 3.18. The van der Waals surface area contributed by atoms with Gasteiger partial charge in [0.15, 0.2) is 0 Å². The van der Waals surface area contributed by atoms with E-state index in [1.807, 2.05) is 0 Å². The summed E-state index contributed by atoms with van der Waals surface area (Å²) < 4.78 is 39.2. The lowest BCUT2D eigenvalue weighted by atomic mass is 10.2. The van der Waals surface area contributed by atoms with E-state index in [1.54, 1.807) is 22.0 Å². The molecule has 2 amide bonds. The van der Waals surface area contributed by atoms with Crippen molar-refractivity contribution in [2.75, 3.05) is 18.4 Å². The van der Waals surface area contributed by atoms with Crippen molar-refractivity contribution in [3.63, 3.8) is 0 Å². The Labute approximate surface area is 129 Å². The Morgan fingerprint density at radius 3 is 2.61 bits per heavy atom. The summed E-state index contributed by atoms with van der Waals surface area (Å²) in [4.78, 5) is 13.8. The molecular weight excluding hydrogens is 311 g/mol. The molecule has 0 radical (unpaired) electrons. The third-order valence-electron chi connectivity index (χ3n) is 3.73. The third kappa shape index (κ3) is 3.43. The maximum atomic E-state index is 12.5. The first-order valence-electron chi connectivity index (χ1n) is 7.02. The van der Waals surface area contributed by atoms with Gasteiger partial charge < -0.3 is 10.2 Å². The van der Waals surface area contributed by atoms with E-state index in [0.29, 0.717) is 18.8 Å². The molecule has 1 saturated heterocycles. The molecule has 0 bridgehead atoms. The van der Waals surface area contributed by atoms with E-state index in [1.165, 1.54) is 12.1 Å². The number of amides is 2. The van der Waals surface area contributed by atoms with Crippen LogP contribution in [0.2, 0.25) is 0 Å². The standard InChI is InChI=1S/C14H14F3N5O/c15-14(16,17)10-1-3-11(4-2-10)19-13(23)21-7-5-12(9-21)22-8-6-18-20-22/h1-4,6,8,12H,5,7,9H2,(H,19,23)/t12-/m0/s1. The van der Waals surface area contributed by atoms with E-state index in [4.69, 9.17) is 0 Å². The summed E-state index contributed by atoms with van der Waals surface area (Å²) in [5, 5.41) is 10.2. The second kappa shape index (κ2) is 5.90. The molecule has 1 aliphatic heterocycles. The van der Waals surface area contributed by atoms with Crippen LogP contribution in [0.3, 0.4) is 0 Å². The molecule has 3 rings (SSSR count). The molecule has 0 saturated carbocycles. The Hall–Kier alpha value is -2.58. The second-order valence-corrected chi connectivity index (χ2v) is 5.28. The number of nitrogens with one attached hydrogen (secondary N) is 1. The summed E-state index contributed by atoms with van der Waals surface area (Å²) >= 11 is 0. The van der Waals surface area contributed by atoms with Gasteiger partial charge in [0.2, 0.25) is 0 Å². The van der Waals surface area contributed by atoms with Gasteiger partial charge in [0.05, 0.1) is 17.8 Å². The molecule has 1 N–H and O–H groups in total. The van der Waals surface area contributed by atoms with Gasteiger partial charge in [-0.15, -0.1) is 5.10 Å². The monoisotopic (exact) mass is 325 g/mol. The molecular formula is C14H14F3N5O. The number of benzene rings is 1. The molecule has 23 heavy (non-hydrogen) atoms. The zero-order valence-corrected chi connectivity index (χ0v) is 12.0. The minimum absolute atomic E-state index is 0.0656. The Kier molecular flexibility index (Phi) is 3.93. The lowest BCUT2D eigenvalue weighted by molar-refractivity contribution is -0.137. The van der Waals surface area contributed by atoms with Crippen molar-refractivity contribution in [3.8, 4) is 0 Å². The molecule has 1 aromatic heterocycles. The summed E-state index contributed by atoms with van der Waals surface area (Å²) in [5.74, 6) is 0. The van der Waals surface area contributed by atoms with Crippen molar-refractivity contribution < 1.29 is 18.0 Å². The van der Waals surface area contributed by atoms with Crippen LogP contribution in [0.4, 0.5) is 23.7 Å². The van der Waals surface area contributed by atoms with E-state index < -0.39 is 11.7 Å². The van der Waals surface area contributed by atoms with Crippen LogP contribution in [0, 0.1) is 0 Å². The fraction of sp³-hybridized carbons (Fsp3) is 0.357. The first kappa shape index (κ1) is 15.3. The van der Waals surface area contributed by atoms with Gasteiger partial charge in [-0.2, -0.15) is 13.2 Å². The van der Waals surface area contributed by atoms with Gasteiger partial charge in [-0.25, -0.2) is 9.48 Å². The first-order valence-corrected chi connectivity index (χ1v) is 7.02. The van der Waals surface area contributed by atoms with E-state index >= 15 is 0 Å². The molecule has 1 atom stereocenters. The van der Waals surface area contributed by atoms with Crippen LogP contribution in [-0.2, 0) is 6.18 Å². The molecule has 0 spiro atoms. The highest BCUT2D eigenvalue weighted by Gasteiger charge is 2.30. The summed E-state index contributed by atoms with van der Waals surface area (Å²) in [7, 11) is 0. The molecule has 2 aromatic rings. The van der Waals surface area contributed by atoms with Crippen molar-refractivity contribution in [2.24, 2.45) is 0 Å². The summed E-state index contributed by atoms with van der Waals surface area (Å²) in [6, 6.07) is 4.09. The quantitative estimate of drug-likeness (QED) is 0.923. The van der Waals surface area contributed by atoms with Crippen molar-refractivity contribution in [1.29, 1.82) is 0 Å². The zero-order valence-electron chi connectivity index (χ0n) is 12.0. The van der Waals surface area contributed by atoms with Gasteiger partial charge in [-0.1, -0.05) is 5.21 Å². The van der Waals surface area contributed by atoms with Gasteiger partial charge >= 0.3 is 12.2 Å². The molecule has 0 unspecified atom stereocenters. The van der Waals surface area contributed by atoms with Crippen LogP contribution >= 0.6 is 0 Å². The van der Waals surface area contributed by atoms with Crippen LogP contribution < -0.4 is 5.32 Å². The number of anilines is 1. The summed E-state index contributed by atoms with van der Waals surface area (Å²) in [6.07, 6.45) is -0.320. The highest BCUT2D eigenvalue weighted by atomic mass is 19.4. The minimum Gasteiger partial charge on any atom is -0.322 e. The predicted octanol–water partition coefficient (Wildman–Crippen LogP) is 2.78. The summed E-state index contributed by atoms with van der Waals surface area (Å²) in [6.45, 7) is 1.03. The number of carbonyl (C=O) groups excluding carboxylic acids is 1. The van der Waals surface area contributed by atoms with Crippen molar-refractivity contribution in [1.82, 2.24) is 19.9 Å². The molecule has 0 aliphatic carbocycles. The fourth-order valence-corrected chi connectivity index (χ4v) is 2.50.